The molecular weight excluding hydrogens is 316 g/mol. The summed E-state index contributed by atoms with van der Waals surface area (Å²) in [4.78, 5) is 16.8. The third-order valence-corrected chi connectivity index (χ3v) is 5.68. The lowest BCUT2D eigenvalue weighted by atomic mass is 10.2. The molecule has 1 saturated heterocycles. The lowest BCUT2D eigenvalue weighted by Gasteiger charge is -2.34. The van der Waals surface area contributed by atoms with Gasteiger partial charge >= 0.3 is 6.03 Å². The van der Waals surface area contributed by atoms with E-state index in [0.29, 0.717) is 6.54 Å². The molecule has 0 unspecified atom stereocenters. The number of carbonyl (C=O) groups excluding carboxylic acids is 1. The Morgan fingerprint density at radius 1 is 1.04 bits per heavy atom. The normalized spacial score (nSPS) is 21.7. The van der Waals surface area contributed by atoms with Crippen molar-refractivity contribution in [2.24, 2.45) is 5.92 Å². The smallest absolute Gasteiger partial charge is 0.317 e. The first-order valence-corrected chi connectivity index (χ1v) is 9.95. The number of amides is 2. The second-order valence-electron chi connectivity index (χ2n) is 7.71. The molecule has 7 heteroatoms. The number of aromatic nitrogens is 3. The Morgan fingerprint density at radius 2 is 1.88 bits per heavy atom. The fraction of sp³-hybridized carbons (Fsp3) is 0.833. The van der Waals surface area contributed by atoms with Crippen molar-refractivity contribution in [2.75, 3.05) is 39.3 Å². The van der Waals surface area contributed by atoms with E-state index in [9.17, 15) is 4.79 Å². The van der Waals surface area contributed by atoms with Crippen molar-refractivity contribution in [3.63, 3.8) is 0 Å². The van der Waals surface area contributed by atoms with Gasteiger partial charge in [0, 0.05) is 58.7 Å². The minimum Gasteiger partial charge on any atom is -0.338 e. The van der Waals surface area contributed by atoms with Gasteiger partial charge in [-0.25, -0.2) is 4.79 Å². The maximum absolute atomic E-state index is 12.4. The quantitative estimate of drug-likeness (QED) is 0.872. The second kappa shape index (κ2) is 7.72. The molecule has 138 valence electrons. The summed E-state index contributed by atoms with van der Waals surface area (Å²) in [6, 6.07) is 0.0710. The predicted molar refractivity (Wildman–Crippen MR) is 95.4 cm³/mol. The van der Waals surface area contributed by atoms with Gasteiger partial charge in [-0.05, 0) is 31.6 Å². The summed E-state index contributed by atoms with van der Waals surface area (Å²) in [5, 5.41) is 11.7. The zero-order valence-electron chi connectivity index (χ0n) is 15.1. The van der Waals surface area contributed by atoms with Crippen LogP contribution < -0.4 is 5.32 Å². The number of nitrogens with zero attached hydrogens (tertiary/aromatic N) is 5. The zero-order chi connectivity index (χ0) is 17.1. The van der Waals surface area contributed by atoms with Gasteiger partial charge in [0.15, 0.2) is 0 Å². The number of carbonyl (C=O) groups is 1. The summed E-state index contributed by atoms with van der Waals surface area (Å²) in [7, 11) is 0. The lowest BCUT2D eigenvalue weighted by molar-refractivity contribution is 0.136. The summed E-state index contributed by atoms with van der Waals surface area (Å²) in [6.07, 6.45) is 8.27. The molecule has 4 rings (SSSR count). The number of piperazine rings is 1. The van der Waals surface area contributed by atoms with E-state index in [0.717, 1.165) is 63.1 Å². The molecule has 3 heterocycles. The number of nitrogens with one attached hydrogen (secondary N) is 1. The number of hydrogen-bond acceptors (Lipinski definition) is 4. The molecule has 1 N–H and O–H groups in total. The second-order valence-corrected chi connectivity index (χ2v) is 7.71. The van der Waals surface area contributed by atoms with Crippen molar-refractivity contribution in [1.82, 2.24) is 29.9 Å². The van der Waals surface area contributed by atoms with Crippen molar-refractivity contribution < 1.29 is 4.79 Å². The van der Waals surface area contributed by atoms with Crippen LogP contribution in [0.3, 0.4) is 0 Å². The van der Waals surface area contributed by atoms with Crippen LogP contribution in [-0.2, 0) is 19.4 Å². The van der Waals surface area contributed by atoms with Gasteiger partial charge in [0.25, 0.3) is 0 Å². The summed E-state index contributed by atoms with van der Waals surface area (Å²) in [5.74, 6) is 3.07. The maximum Gasteiger partial charge on any atom is 0.317 e. The molecule has 2 aliphatic heterocycles. The molecule has 1 aromatic rings. The maximum atomic E-state index is 12.4. The number of urea groups is 1. The van der Waals surface area contributed by atoms with E-state index in [1.807, 2.05) is 4.90 Å². The van der Waals surface area contributed by atoms with E-state index in [1.165, 1.54) is 38.6 Å². The Hall–Kier alpha value is -1.63. The Morgan fingerprint density at radius 3 is 2.68 bits per heavy atom. The standard InChI is InChI=1S/C18H30N6O/c25-18(23-12-10-22(11-13-23)14-15-5-6-15)19-8-7-17-21-20-16-4-2-1-3-9-24(16)17/h15H,1-14H2,(H,19,25). The average molecular weight is 346 g/mol. The Bertz CT molecular complexity index is 588. The summed E-state index contributed by atoms with van der Waals surface area (Å²) < 4.78 is 2.26. The van der Waals surface area contributed by atoms with E-state index in [1.54, 1.807) is 0 Å². The summed E-state index contributed by atoms with van der Waals surface area (Å²) in [6.45, 7) is 6.61. The highest BCUT2D eigenvalue weighted by Gasteiger charge is 2.27. The molecule has 25 heavy (non-hydrogen) atoms. The van der Waals surface area contributed by atoms with Gasteiger partial charge < -0.3 is 14.8 Å². The number of hydrogen-bond donors (Lipinski definition) is 1. The highest BCUT2D eigenvalue weighted by Crippen LogP contribution is 2.29. The van der Waals surface area contributed by atoms with Crippen LogP contribution in [0.1, 0.15) is 43.8 Å². The third-order valence-electron chi connectivity index (χ3n) is 5.68. The molecule has 1 aromatic heterocycles. The topological polar surface area (TPSA) is 66.3 Å². The van der Waals surface area contributed by atoms with Crippen molar-refractivity contribution in [3.05, 3.63) is 11.6 Å². The van der Waals surface area contributed by atoms with E-state index >= 15 is 0 Å². The average Bonchev–Trinajstić information content (AvgIpc) is 3.41. The van der Waals surface area contributed by atoms with Gasteiger partial charge in [0.2, 0.25) is 0 Å². The number of rotatable bonds is 5. The first-order valence-electron chi connectivity index (χ1n) is 9.95. The molecule has 7 nitrogen and oxygen atoms in total. The van der Waals surface area contributed by atoms with Crippen molar-refractivity contribution in [3.8, 4) is 0 Å². The van der Waals surface area contributed by atoms with E-state index in [2.05, 4.69) is 25.0 Å². The Balaban J connectivity index is 1.20. The highest BCUT2D eigenvalue weighted by molar-refractivity contribution is 5.74. The van der Waals surface area contributed by atoms with Gasteiger partial charge in [0.05, 0.1) is 0 Å². The van der Waals surface area contributed by atoms with E-state index < -0.39 is 0 Å². The molecule has 1 aliphatic carbocycles. The molecule has 0 spiro atoms. The van der Waals surface area contributed by atoms with Gasteiger partial charge in [-0.3, -0.25) is 4.90 Å². The van der Waals surface area contributed by atoms with Crippen LogP contribution >= 0.6 is 0 Å². The van der Waals surface area contributed by atoms with Crippen molar-refractivity contribution in [2.45, 2.75) is 51.5 Å². The Labute approximate surface area is 149 Å². The lowest BCUT2D eigenvalue weighted by Crippen LogP contribution is -2.52. The zero-order valence-corrected chi connectivity index (χ0v) is 15.1. The first kappa shape index (κ1) is 16.8. The van der Waals surface area contributed by atoms with Crippen LogP contribution in [0.15, 0.2) is 0 Å². The van der Waals surface area contributed by atoms with Gasteiger partial charge in [-0.1, -0.05) is 6.42 Å². The molecule has 0 bridgehead atoms. The van der Waals surface area contributed by atoms with Crippen LogP contribution in [0.25, 0.3) is 0 Å². The largest absolute Gasteiger partial charge is 0.338 e. The third kappa shape index (κ3) is 4.32. The number of fused-ring (bicyclic) bond motifs is 1. The van der Waals surface area contributed by atoms with Crippen LogP contribution in [0.5, 0.6) is 0 Å². The Kier molecular flexibility index (Phi) is 5.20. The molecule has 0 atom stereocenters. The summed E-state index contributed by atoms with van der Waals surface area (Å²) in [5.41, 5.74) is 0. The van der Waals surface area contributed by atoms with E-state index in [-0.39, 0.29) is 6.03 Å². The molecule has 2 fully saturated rings. The molecule has 0 aromatic carbocycles. The van der Waals surface area contributed by atoms with Gasteiger partial charge in [0.1, 0.15) is 11.6 Å². The molecule has 2 amide bonds. The minimum atomic E-state index is 0.0710. The summed E-state index contributed by atoms with van der Waals surface area (Å²) >= 11 is 0. The highest BCUT2D eigenvalue weighted by atomic mass is 16.2. The minimum absolute atomic E-state index is 0.0710. The van der Waals surface area contributed by atoms with Gasteiger partial charge in [-0.15, -0.1) is 10.2 Å². The van der Waals surface area contributed by atoms with Crippen molar-refractivity contribution in [1.29, 1.82) is 0 Å². The molecular formula is C18H30N6O. The van der Waals surface area contributed by atoms with Crippen molar-refractivity contribution >= 4 is 6.03 Å². The fourth-order valence-corrected chi connectivity index (χ4v) is 3.92. The van der Waals surface area contributed by atoms with Crippen LogP contribution in [0.4, 0.5) is 4.79 Å². The van der Waals surface area contributed by atoms with E-state index in [4.69, 9.17) is 0 Å². The SMILES string of the molecule is O=C(NCCc1nnc2n1CCCCC2)N1CCN(CC2CC2)CC1. The van der Waals surface area contributed by atoms with Crippen LogP contribution in [0.2, 0.25) is 0 Å². The fourth-order valence-electron chi connectivity index (χ4n) is 3.92. The monoisotopic (exact) mass is 346 g/mol. The predicted octanol–water partition coefficient (Wildman–Crippen LogP) is 1.28. The molecule has 3 aliphatic rings. The number of aryl methyl sites for hydroxylation is 1. The first-order chi connectivity index (χ1) is 12.3. The van der Waals surface area contributed by atoms with Crippen LogP contribution in [0, 0.1) is 5.92 Å². The molecule has 0 radical (unpaired) electrons. The van der Waals surface area contributed by atoms with Gasteiger partial charge in [-0.2, -0.15) is 0 Å². The molecule has 1 saturated carbocycles. The van der Waals surface area contributed by atoms with Crippen LogP contribution in [-0.4, -0.2) is 69.9 Å².